The van der Waals surface area contributed by atoms with E-state index in [0.29, 0.717) is 16.9 Å². The SMILES string of the molecule is COc1ccc(C2=C[C@H](CO[Si](C)(C)C(C)(C)C)N(C(=O)O)C2=O)cc1. The molecule has 2 amide bonds. The highest BCUT2D eigenvalue weighted by molar-refractivity contribution is 6.74. The van der Waals surface area contributed by atoms with Crippen molar-refractivity contribution < 1.29 is 23.9 Å². The van der Waals surface area contributed by atoms with Gasteiger partial charge in [-0.05, 0) is 41.9 Å². The molecule has 0 bridgehead atoms. The second-order valence-corrected chi connectivity index (χ2v) is 12.7. The van der Waals surface area contributed by atoms with Gasteiger partial charge in [0.2, 0.25) is 0 Å². The van der Waals surface area contributed by atoms with Crippen molar-refractivity contribution in [3.63, 3.8) is 0 Å². The predicted octanol–water partition coefficient (Wildman–Crippen LogP) is 3.99. The Hall–Kier alpha value is -2.12. The molecule has 1 aromatic rings. The number of benzene rings is 1. The van der Waals surface area contributed by atoms with Crippen molar-refractivity contribution in [3.8, 4) is 5.75 Å². The topological polar surface area (TPSA) is 76.1 Å². The summed E-state index contributed by atoms with van der Waals surface area (Å²) in [5.74, 6) is 0.152. The van der Waals surface area contributed by atoms with Crippen LogP contribution in [-0.4, -0.2) is 50.1 Å². The van der Waals surface area contributed by atoms with Crippen LogP contribution in [0.4, 0.5) is 4.79 Å². The van der Waals surface area contributed by atoms with E-state index in [9.17, 15) is 14.7 Å². The molecule has 0 saturated carbocycles. The van der Waals surface area contributed by atoms with Gasteiger partial charge < -0.3 is 14.3 Å². The Bertz CT molecular complexity index is 718. The third-order valence-electron chi connectivity index (χ3n) is 5.17. The summed E-state index contributed by atoms with van der Waals surface area (Å²) in [6.45, 7) is 10.7. The number of hydrogen-bond donors (Lipinski definition) is 1. The molecule has 0 aromatic heterocycles. The Labute approximate surface area is 155 Å². The molecule has 0 radical (unpaired) electrons. The monoisotopic (exact) mass is 377 g/mol. The molecule has 0 aliphatic carbocycles. The highest BCUT2D eigenvalue weighted by Crippen LogP contribution is 2.37. The summed E-state index contributed by atoms with van der Waals surface area (Å²) in [4.78, 5) is 25.1. The molecule has 1 atom stereocenters. The van der Waals surface area contributed by atoms with Gasteiger partial charge in [0.25, 0.3) is 5.91 Å². The number of amides is 2. The van der Waals surface area contributed by atoms with Crippen LogP contribution >= 0.6 is 0 Å². The highest BCUT2D eigenvalue weighted by Gasteiger charge is 2.41. The van der Waals surface area contributed by atoms with E-state index in [1.807, 2.05) is 0 Å². The van der Waals surface area contributed by atoms with Crippen LogP contribution in [0.25, 0.3) is 5.57 Å². The van der Waals surface area contributed by atoms with Gasteiger partial charge in [-0.3, -0.25) is 4.79 Å². The third kappa shape index (κ3) is 3.99. The summed E-state index contributed by atoms with van der Waals surface area (Å²) in [6, 6.07) is 6.37. The largest absolute Gasteiger partial charge is 0.497 e. The van der Waals surface area contributed by atoms with Gasteiger partial charge >= 0.3 is 6.09 Å². The normalized spacial score (nSPS) is 18.1. The first kappa shape index (κ1) is 20.2. The van der Waals surface area contributed by atoms with Gasteiger partial charge in [0.15, 0.2) is 8.32 Å². The van der Waals surface area contributed by atoms with Crippen LogP contribution in [0, 0.1) is 0 Å². The number of hydrogen-bond acceptors (Lipinski definition) is 4. The van der Waals surface area contributed by atoms with Gasteiger partial charge in [0.05, 0.1) is 19.8 Å². The minimum atomic E-state index is -2.05. The number of rotatable bonds is 5. The number of carbonyl (C=O) groups is 2. The molecule has 1 aromatic carbocycles. The fourth-order valence-corrected chi connectivity index (χ4v) is 3.49. The highest BCUT2D eigenvalue weighted by atomic mass is 28.4. The molecule has 7 heteroatoms. The second kappa shape index (κ2) is 7.24. The quantitative estimate of drug-likeness (QED) is 0.785. The first-order chi connectivity index (χ1) is 12.0. The molecule has 1 aliphatic heterocycles. The van der Waals surface area contributed by atoms with Gasteiger partial charge in [0, 0.05) is 5.57 Å². The van der Waals surface area contributed by atoms with E-state index < -0.39 is 26.4 Å². The number of nitrogens with zero attached hydrogens (tertiary/aromatic N) is 1. The predicted molar refractivity (Wildman–Crippen MR) is 103 cm³/mol. The van der Waals surface area contributed by atoms with E-state index in [1.165, 1.54) is 0 Å². The Morgan fingerprint density at radius 1 is 1.23 bits per heavy atom. The first-order valence-electron chi connectivity index (χ1n) is 8.54. The maximum atomic E-state index is 12.6. The molecule has 2 rings (SSSR count). The van der Waals surface area contributed by atoms with Crippen LogP contribution in [0.1, 0.15) is 26.3 Å². The summed E-state index contributed by atoms with van der Waals surface area (Å²) in [5, 5.41) is 9.50. The van der Waals surface area contributed by atoms with Crippen LogP contribution in [0.3, 0.4) is 0 Å². The number of ether oxygens (including phenoxy) is 1. The van der Waals surface area contributed by atoms with Crippen LogP contribution in [0.15, 0.2) is 30.3 Å². The number of methoxy groups -OCH3 is 1. The Kier molecular flexibility index (Phi) is 5.63. The number of carboxylic acid groups (broad SMARTS) is 1. The van der Waals surface area contributed by atoms with Crippen molar-refractivity contribution >= 4 is 25.9 Å². The molecule has 142 valence electrons. The molecule has 0 unspecified atom stereocenters. The van der Waals surface area contributed by atoms with Crippen LogP contribution in [-0.2, 0) is 9.22 Å². The Balaban J connectivity index is 2.26. The van der Waals surface area contributed by atoms with E-state index >= 15 is 0 Å². The maximum absolute atomic E-state index is 12.6. The average Bonchev–Trinajstić information content (AvgIpc) is 2.89. The molecule has 26 heavy (non-hydrogen) atoms. The summed E-state index contributed by atoms with van der Waals surface area (Å²) in [6.07, 6.45) is 0.421. The van der Waals surface area contributed by atoms with Crippen molar-refractivity contribution in [1.29, 1.82) is 0 Å². The lowest BCUT2D eigenvalue weighted by atomic mass is 10.1. The summed E-state index contributed by atoms with van der Waals surface area (Å²) >= 11 is 0. The lowest BCUT2D eigenvalue weighted by Crippen LogP contribution is -2.46. The van der Waals surface area contributed by atoms with Crippen molar-refractivity contribution in [2.45, 2.75) is 44.9 Å². The zero-order chi connectivity index (χ0) is 19.7. The van der Waals surface area contributed by atoms with Gasteiger partial charge in [-0.15, -0.1) is 0 Å². The Morgan fingerprint density at radius 2 is 1.81 bits per heavy atom. The second-order valence-electron chi connectivity index (χ2n) is 7.91. The molecular weight excluding hydrogens is 350 g/mol. The lowest BCUT2D eigenvalue weighted by molar-refractivity contribution is -0.123. The minimum absolute atomic E-state index is 0.00615. The minimum Gasteiger partial charge on any atom is -0.497 e. The lowest BCUT2D eigenvalue weighted by Gasteiger charge is -2.37. The van der Waals surface area contributed by atoms with Crippen molar-refractivity contribution in [3.05, 3.63) is 35.9 Å². The van der Waals surface area contributed by atoms with E-state index in [0.717, 1.165) is 4.90 Å². The summed E-state index contributed by atoms with van der Waals surface area (Å²) in [5.41, 5.74) is 1.04. The van der Waals surface area contributed by atoms with E-state index in [1.54, 1.807) is 37.5 Å². The molecule has 1 heterocycles. The molecule has 0 saturated heterocycles. The molecule has 6 nitrogen and oxygen atoms in total. The molecule has 1 N–H and O–H groups in total. The first-order valence-corrected chi connectivity index (χ1v) is 11.5. The summed E-state index contributed by atoms with van der Waals surface area (Å²) < 4.78 is 11.3. The van der Waals surface area contributed by atoms with Gasteiger partial charge in [0.1, 0.15) is 5.75 Å². The van der Waals surface area contributed by atoms with Crippen molar-refractivity contribution in [1.82, 2.24) is 4.90 Å². The van der Waals surface area contributed by atoms with E-state index in [2.05, 4.69) is 33.9 Å². The molecule has 0 spiro atoms. The van der Waals surface area contributed by atoms with E-state index in [-0.39, 0.29) is 11.6 Å². The fraction of sp³-hybridized carbons (Fsp3) is 0.474. The van der Waals surface area contributed by atoms with Crippen molar-refractivity contribution in [2.75, 3.05) is 13.7 Å². The molecule has 0 fully saturated rings. The van der Waals surface area contributed by atoms with Gasteiger partial charge in [-0.1, -0.05) is 32.9 Å². The van der Waals surface area contributed by atoms with Crippen LogP contribution in [0.2, 0.25) is 18.1 Å². The molecular formula is C19H27NO5Si. The number of carbonyl (C=O) groups excluding carboxylic acids is 1. The fourth-order valence-electron chi connectivity index (χ4n) is 2.47. The number of imide groups is 1. The maximum Gasteiger partial charge on any atom is 0.414 e. The third-order valence-corrected chi connectivity index (χ3v) is 9.67. The van der Waals surface area contributed by atoms with E-state index in [4.69, 9.17) is 9.16 Å². The van der Waals surface area contributed by atoms with Crippen LogP contribution in [0.5, 0.6) is 5.75 Å². The Morgan fingerprint density at radius 3 is 2.27 bits per heavy atom. The smallest absolute Gasteiger partial charge is 0.414 e. The zero-order valence-corrected chi connectivity index (χ0v) is 17.2. The summed E-state index contributed by atoms with van der Waals surface area (Å²) in [7, 11) is -0.484. The molecule has 1 aliphatic rings. The zero-order valence-electron chi connectivity index (χ0n) is 16.2. The average molecular weight is 378 g/mol. The standard InChI is InChI=1S/C19H27NO5Si/c1-19(2,3)26(5,6)25-12-14-11-16(17(21)20(14)18(22)23)13-7-9-15(24-4)10-8-13/h7-11,14H,12H2,1-6H3,(H,22,23)/t14-/m1/s1. The van der Waals surface area contributed by atoms with Crippen molar-refractivity contribution in [2.24, 2.45) is 0 Å². The van der Waals surface area contributed by atoms with Gasteiger partial charge in [-0.2, -0.15) is 0 Å². The van der Waals surface area contributed by atoms with Crippen LogP contribution < -0.4 is 4.74 Å². The van der Waals surface area contributed by atoms with Gasteiger partial charge in [-0.25, -0.2) is 9.69 Å².